The van der Waals surface area contributed by atoms with E-state index in [0.29, 0.717) is 0 Å². The van der Waals surface area contributed by atoms with E-state index in [2.05, 4.69) is 10.6 Å². The zero-order chi connectivity index (χ0) is 7.98. The molecule has 0 heterocycles. The summed E-state index contributed by atoms with van der Waals surface area (Å²) >= 11 is 0. The molecule has 0 bridgehead atoms. The van der Waals surface area contributed by atoms with E-state index in [-0.39, 0.29) is 19.0 Å². The normalized spacial score (nSPS) is 7.73. The maximum absolute atomic E-state index is 10.2. The van der Waals surface area contributed by atoms with Gasteiger partial charge in [0, 0.05) is 0 Å². The molecule has 2 amide bonds. The first-order valence-corrected chi connectivity index (χ1v) is 2.37. The Labute approximate surface area is 68.8 Å². The minimum Gasteiger partial charge on any atom is -0.350 e. The van der Waals surface area contributed by atoms with Crippen LogP contribution in [0.5, 0.6) is 0 Å². The lowest BCUT2D eigenvalue weighted by Gasteiger charge is -2.02. The Balaban J connectivity index is 0. The molecule has 0 saturated carbocycles. The van der Waals surface area contributed by atoms with Gasteiger partial charge in [-0.15, -0.1) is 12.4 Å². The molecule has 0 aromatic heterocycles. The summed E-state index contributed by atoms with van der Waals surface area (Å²) in [6.07, 6.45) is 0. The zero-order valence-corrected chi connectivity index (χ0v) is 6.31. The molecule has 0 aromatic carbocycles. The Bertz CT molecular complexity index is 141. The van der Waals surface area contributed by atoms with Crippen LogP contribution in [0, 0.1) is 0 Å². The summed E-state index contributed by atoms with van der Waals surface area (Å²) < 4.78 is 0. The fourth-order valence-corrected chi connectivity index (χ4v) is 0.174. The summed E-state index contributed by atoms with van der Waals surface area (Å²) in [5.41, 5.74) is 13.0. The first-order chi connectivity index (χ1) is 4.66. The standard InChI is InChI=1S/C3H8N4O3.ClH/c4-1-2(8)10-7-6-3(5)9;/h7H,1,4H2,(H3,5,6,9);1H. The van der Waals surface area contributed by atoms with Crippen LogP contribution in [-0.2, 0) is 9.63 Å². The first kappa shape index (κ1) is 12.6. The smallest absolute Gasteiger partial charge is 0.340 e. The van der Waals surface area contributed by atoms with E-state index in [1.54, 1.807) is 11.0 Å². The molecule has 6 N–H and O–H groups in total. The van der Waals surface area contributed by atoms with Gasteiger partial charge in [0.05, 0.1) is 6.54 Å². The van der Waals surface area contributed by atoms with Gasteiger partial charge in [0.1, 0.15) is 0 Å². The van der Waals surface area contributed by atoms with Gasteiger partial charge in [-0.2, -0.15) is 0 Å². The number of nitrogens with one attached hydrogen (secondary N) is 2. The monoisotopic (exact) mass is 184 g/mol. The minimum atomic E-state index is -0.857. The highest BCUT2D eigenvalue weighted by molar-refractivity contribution is 5.85. The number of hydrogen-bond acceptors (Lipinski definition) is 5. The number of carbonyl (C=O) groups excluding carboxylic acids is 2. The van der Waals surface area contributed by atoms with Crippen LogP contribution in [0.2, 0.25) is 0 Å². The molecule has 0 aliphatic heterocycles. The van der Waals surface area contributed by atoms with Gasteiger partial charge in [0.15, 0.2) is 0 Å². The lowest BCUT2D eigenvalue weighted by Crippen LogP contribution is -2.43. The predicted molar refractivity (Wildman–Crippen MR) is 38.2 cm³/mol. The van der Waals surface area contributed by atoms with Crippen LogP contribution in [0.25, 0.3) is 0 Å². The van der Waals surface area contributed by atoms with E-state index >= 15 is 0 Å². The molecule has 66 valence electrons. The SMILES string of the molecule is Cl.NCC(=O)ONNC(N)=O. The van der Waals surface area contributed by atoms with Gasteiger partial charge in [-0.05, 0) is 0 Å². The highest BCUT2D eigenvalue weighted by Gasteiger charge is 1.96. The molecule has 0 rings (SSSR count). The molecule has 0 atom stereocenters. The number of hydrazine groups is 1. The summed E-state index contributed by atoms with van der Waals surface area (Å²) in [5, 5.41) is 0. The van der Waals surface area contributed by atoms with E-state index in [1.165, 1.54) is 0 Å². The van der Waals surface area contributed by atoms with E-state index in [0.717, 1.165) is 0 Å². The Morgan fingerprint density at radius 3 is 2.36 bits per heavy atom. The van der Waals surface area contributed by atoms with Gasteiger partial charge in [-0.25, -0.2) is 15.0 Å². The van der Waals surface area contributed by atoms with Crippen molar-refractivity contribution in [2.45, 2.75) is 0 Å². The third-order valence-electron chi connectivity index (χ3n) is 0.506. The highest BCUT2D eigenvalue weighted by atomic mass is 35.5. The predicted octanol–water partition coefficient (Wildman–Crippen LogP) is -2.00. The van der Waals surface area contributed by atoms with Crippen LogP contribution in [0.3, 0.4) is 0 Å². The van der Waals surface area contributed by atoms with Gasteiger partial charge >= 0.3 is 12.0 Å². The summed E-state index contributed by atoms with van der Waals surface area (Å²) in [7, 11) is 0. The molecule has 0 spiro atoms. The number of rotatable bonds is 3. The van der Waals surface area contributed by atoms with Gasteiger partial charge in [0.2, 0.25) is 0 Å². The van der Waals surface area contributed by atoms with Crippen molar-refractivity contribution < 1.29 is 14.4 Å². The summed E-state index contributed by atoms with van der Waals surface area (Å²) in [6, 6.07) is -0.857. The molecule has 8 heteroatoms. The van der Waals surface area contributed by atoms with Crippen molar-refractivity contribution in [3.63, 3.8) is 0 Å². The fourth-order valence-electron chi connectivity index (χ4n) is 0.174. The first-order valence-electron chi connectivity index (χ1n) is 2.37. The maximum Gasteiger partial charge on any atom is 0.340 e. The van der Waals surface area contributed by atoms with E-state index in [4.69, 9.17) is 5.73 Å². The molecule has 11 heavy (non-hydrogen) atoms. The Hall–Kier alpha value is -1.05. The quantitative estimate of drug-likeness (QED) is 0.378. The molecular formula is C3H9ClN4O3. The molecule has 0 aliphatic carbocycles. The number of primary amides is 1. The van der Waals surface area contributed by atoms with Crippen molar-refractivity contribution in [1.82, 2.24) is 11.0 Å². The van der Waals surface area contributed by atoms with Crippen LogP contribution < -0.4 is 22.5 Å². The van der Waals surface area contributed by atoms with E-state index < -0.39 is 12.0 Å². The third-order valence-corrected chi connectivity index (χ3v) is 0.506. The van der Waals surface area contributed by atoms with Crippen LogP contribution in [0.15, 0.2) is 0 Å². The molecular weight excluding hydrogens is 176 g/mol. The Kier molecular flexibility index (Phi) is 8.10. The largest absolute Gasteiger partial charge is 0.350 e. The number of carbonyl (C=O) groups is 2. The molecule has 0 unspecified atom stereocenters. The molecule has 7 nitrogen and oxygen atoms in total. The second-order valence-corrected chi connectivity index (χ2v) is 1.27. The zero-order valence-electron chi connectivity index (χ0n) is 5.49. The van der Waals surface area contributed by atoms with Crippen LogP contribution >= 0.6 is 12.4 Å². The molecule has 0 aliphatic rings. The average molecular weight is 185 g/mol. The van der Waals surface area contributed by atoms with Crippen molar-refractivity contribution in [3.05, 3.63) is 0 Å². The average Bonchev–Trinajstić information content (AvgIpc) is 1.87. The van der Waals surface area contributed by atoms with Crippen molar-refractivity contribution in [2.75, 3.05) is 6.54 Å². The van der Waals surface area contributed by atoms with E-state index in [1.807, 2.05) is 0 Å². The molecule has 0 radical (unpaired) electrons. The Morgan fingerprint density at radius 2 is 2.00 bits per heavy atom. The molecule has 0 saturated heterocycles. The van der Waals surface area contributed by atoms with E-state index in [9.17, 15) is 9.59 Å². The number of hydrogen-bond donors (Lipinski definition) is 4. The van der Waals surface area contributed by atoms with Crippen LogP contribution in [0.1, 0.15) is 0 Å². The lowest BCUT2D eigenvalue weighted by molar-refractivity contribution is -0.150. The topological polar surface area (TPSA) is 119 Å². The number of amides is 2. The molecule has 0 fully saturated rings. The van der Waals surface area contributed by atoms with Gasteiger partial charge < -0.3 is 16.3 Å². The number of halogens is 1. The summed E-state index contributed by atoms with van der Waals surface area (Å²) in [6.45, 7) is -0.270. The van der Waals surface area contributed by atoms with Gasteiger partial charge in [0.25, 0.3) is 0 Å². The summed E-state index contributed by atoms with van der Waals surface area (Å²) in [5.74, 6) is -0.700. The second-order valence-electron chi connectivity index (χ2n) is 1.27. The Morgan fingerprint density at radius 1 is 1.45 bits per heavy atom. The van der Waals surface area contributed by atoms with Gasteiger partial charge in [-0.3, -0.25) is 0 Å². The lowest BCUT2D eigenvalue weighted by atomic mass is 10.7. The third kappa shape index (κ3) is 8.95. The van der Waals surface area contributed by atoms with Crippen molar-refractivity contribution >= 4 is 24.4 Å². The minimum absolute atomic E-state index is 0. The van der Waals surface area contributed by atoms with Crippen LogP contribution in [0.4, 0.5) is 4.79 Å². The number of nitrogens with two attached hydrogens (primary N) is 2. The van der Waals surface area contributed by atoms with Gasteiger partial charge in [-0.1, -0.05) is 5.59 Å². The second kappa shape index (κ2) is 7.06. The van der Waals surface area contributed by atoms with Crippen molar-refractivity contribution in [2.24, 2.45) is 11.5 Å². The van der Waals surface area contributed by atoms with Crippen LogP contribution in [-0.4, -0.2) is 18.5 Å². The fraction of sp³-hybridized carbons (Fsp3) is 0.333. The highest BCUT2D eigenvalue weighted by Crippen LogP contribution is 1.63. The summed E-state index contributed by atoms with van der Waals surface area (Å²) in [4.78, 5) is 24.2. The van der Waals surface area contributed by atoms with Crippen molar-refractivity contribution in [3.8, 4) is 0 Å². The molecule has 0 aromatic rings. The van der Waals surface area contributed by atoms with Crippen molar-refractivity contribution in [1.29, 1.82) is 0 Å². The number of urea groups is 1. The maximum atomic E-state index is 10.2.